The van der Waals surface area contributed by atoms with Crippen LogP contribution in [0.5, 0.6) is 0 Å². The van der Waals surface area contributed by atoms with E-state index < -0.39 is 0 Å². The van der Waals surface area contributed by atoms with Crippen LogP contribution < -0.4 is 10.2 Å². The van der Waals surface area contributed by atoms with Gasteiger partial charge in [0.2, 0.25) is 0 Å². The van der Waals surface area contributed by atoms with E-state index in [1.54, 1.807) is 22.5 Å². The fourth-order valence-electron chi connectivity index (χ4n) is 3.53. The van der Waals surface area contributed by atoms with E-state index in [1.165, 1.54) is 11.3 Å². The molecule has 3 aromatic heterocycles. The lowest BCUT2D eigenvalue weighted by Gasteiger charge is -2.19. The average molecular weight is 417 g/mol. The summed E-state index contributed by atoms with van der Waals surface area (Å²) < 4.78 is 1.80. The fourth-order valence-corrected chi connectivity index (χ4v) is 4.30. The first-order chi connectivity index (χ1) is 14.8. The van der Waals surface area contributed by atoms with Gasteiger partial charge in [-0.05, 0) is 37.1 Å². The molecule has 4 aromatic rings. The van der Waals surface area contributed by atoms with Crippen molar-refractivity contribution in [2.45, 2.75) is 12.8 Å². The maximum Gasteiger partial charge on any atom is 0.275 e. The van der Waals surface area contributed by atoms with Gasteiger partial charge in [-0.1, -0.05) is 18.2 Å². The van der Waals surface area contributed by atoms with Gasteiger partial charge in [-0.2, -0.15) is 5.10 Å². The van der Waals surface area contributed by atoms with Gasteiger partial charge in [0.05, 0.1) is 17.6 Å². The van der Waals surface area contributed by atoms with Crippen LogP contribution in [0, 0.1) is 0 Å². The van der Waals surface area contributed by atoms with Gasteiger partial charge in [0, 0.05) is 36.4 Å². The second-order valence-electron chi connectivity index (χ2n) is 7.07. The van der Waals surface area contributed by atoms with E-state index in [2.05, 4.69) is 25.3 Å². The minimum atomic E-state index is -0.235. The third kappa shape index (κ3) is 3.69. The molecule has 1 amide bonds. The van der Waals surface area contributed by atoms with E-state index in [9.17, 15) is 4.79 Å². The van der Waals surface area contributed by atoms with Crippen molar-refractivity contribution in [1.82, 2.24) is 19.7 Å². The number of hydrogen-bond donors (Lipinski definition) is 1. The molecule has 1 aromatic carbocycles. The molecule has 150 valence electrons. The Balaban J connectivity index is 1.34. The summed E-state index contributed by atoms with van der Waals surface area (Å²) >= 11 is 1.43. The summed E-state index contributed by atoms with van der Waals surface area (Å²) in [4.78, 5) is 24.0. The number of aromatic nitrogens is 4. The Hall–Kier alpha value is -3.52. The maximum absolute atomic E-state index is 12.8. The van der Waals surface area contributed by atoms with Crippen LogP contribution in [0.3, 0.4) is 0 Å². The van der Waals surface area contributed by atoms with Crippen molar-refractivity contribution >= 4 is 28.7 Å². The minimum Gasteiger partial charge on any atom is -0.355 e. The zero-order valence-electron chi connectivity index (χ0n) is 16.2. The number of para-hydroxylation sites is 1. The summed E-state index contributed by atoms with van der Waals surface area (Å²) in [6.07, 6.45) is 7.74. The number of carbonyl (C=O) groups excluding carboxylic acids is 1. The molecule has 0 bridgehead atoms. The molecule has 7 nitrogen and oxygen atoms in total. The van der Waals surface area contributed by atoms with E-state index >= 15 is 0 Å². The number of carbonyl (C=O) groups is 1. The molecule has 0 aliphatic carbocycles. The number of anilines is 2. The predicted molar refractivity (Wildman–Crippen MR) is 118 cm³/mol. The van der Waals surface area contributed by atoms with Crippen molar-refractivity contribution in [3.8, 4) is 16.3 Å². The van der Waals surface area contributed by atoms with Crippen LogP contribution in [-0.4, -0.2) is 38.7 Å². The van der Waals surface area contributed by atoms with Crippen LogP contribution in [0.25, 0.3) is 16.3 Å². The van der Waals surface area contributed by atoms with Gasteiger partial charge in [-0.15, -0.1) is 11.3 Å². The monoisotopic (exact) mass is 416 g/mol. The van der Waals surface area contributed by atoms with Crippen molar-refractivity contribution in [3.05, 3.63) is 72.1 Å². The topological polar surface area (TPSA) is 75.9 Å². The van der Waals surface area contributed by atoms with Crippen LogP contribution in [-0.2, 0) is 0 Å². The zero-order chi connectivity index (χ0) is 20.3. The smallest absolute Gasteiger partial charge is 0.275 e. The van der Waals surface area contributed by atoms with Crippen LogP contribution in [0.15, 0.2) is 66.4 Å². The largest absolute Gasteiger partial charge is 0.355 e. The van der Waals surface area contributed by atoms with Crippen molar-refractivity contribution in [2.24, 2.45) is 0 Å². The van der Waals surface area contributed by atoms with Gasteiger partial charge in [-0.25, -0.2) is 14.6 Å². The van der Waals surface area contributed by atoms with Gasteiger partial charge in [-0.3, -0.25) is 4.79 Å². The molecule has 0 atom stereocenters. The molecular weight excluding hydrogens is 396 g/mol. The van der Waals surface area contributed by atoms with Crippen LogP contribution in [0.2, 0.25) is 0 Å². The summed E-state index contributed by atoms with van der Waals surface area (Å²) in [6, 6.07) is 13.6. The number of amides is 1. The lowest BCUT2D eigenvalue weighted by atomic mass is 10.3. The first-order valence-corrected chi connectivity index (χ1v) is 10.7. The molecule has 5 rings (SSSR count). The number of hydrogen-bond acceptors (Lipinski definition) is 6. The molecule has 1 aliphatic rings. The van der Waals surface area contributed by atoms with Crippen molar-refractivity contribution in [3.63, 3.8) is 0 Å². The number of rotatable bonds is 5. The Kier molecular flexibility index (Phi) is 4.98. The first kappa shape index (κ1) is 18.5. The highest BCUT2D eigenvalue weighted by Crippen LogP contribution is 2.28. The Morgan fingerprint density at radius 1 is 1.07 bits per heavy atom. The van der Waals surface area contributed by atoms with Gasteiger partial charge < -0.3 is 10.2 Å². The summed E-state index contributed by atoms with van der Waals surface area (Å²) in [5.41, 5.74) is 2.96. The van der Waals surface area contributed by atoms with Crippen LogP contribution >= 0.6 is 11.3 Å². The molecule has 0 unspecified atom stereocenters. The highest BCUT2D eigenvalue weighted by atomic mass is 32.1. The number of thiazole rings is 1. The highest BCUT2D eigenvalue weighted by molar-refractivity contribution is 7.13. The molecule has 1 saturated heterocycles. The molecule has 0 spiro atoms. The lowest BCUT2D eigenvalue weighted by molar-refractivity contribution is 0.102. The summed E-state index contributed by atoms with van der Waals surface area (Å²) in [5, 5.41) is 9.92. The third-order valence-corrected chi connectivity index (χ3v) is 5.92. The maximum atomic E-state index is 12.8. The van der Waals surface area contributed by atoms with E-state index in [0.29, 0.717) is 5.69 Å². The first-order valence-electron chi connectivity index (χ1n) is 9.85. The quantitative estimate of drug-likeness (QED) is 0.527. The molecule has 30 heavy (non-hydrogen) atoms. The van der Waals surface area contributed by atoms with Gasteiger partial charge >= 0.3 is 0 Å². The highest BCUT2D eigenvalue weighted by Gasteiger charge is 2.19. The lowest BCUT2D eigenvalue weighted by Crippen LogP contribution is -2.22. The normalized spacial score (nSPS) is 13.5. The second-order valence-corrected chi connectivity index (χ2v) is 7.93. The average Bonchev–Trinajstić information content (AvgIpc) is 3.56. The molecule has 0 radical (unpaired) electrons. The molecule has 1 aliphatic heterocycles. The van der Waals surface area contributed by atoms with E-state index in [4.69, 9.17) is 0 Å². The Labute approximate surface area is 178 Å². The molecule has 0 saturated carbocycles. The molecule has 1 N–H and O–H groups in total. The Morgan fingerprint density at radius 3 is 2.73 bits per heavy atom. The zero-order valence-corrected chi connectivity index (χ0v) is 17.0. The van der Waals surface area contributed by atoms with Crippen molar-refractivity contribution in [2.75, 3.05) is 23.3 Å². The van der Waals surface area contributed by atoms with E-state index in [0.717, 1.165) is 53.7 Å². The van der Waals surface area contributed by atoms with E-state index in [-0.39, 0.29) is 5.91 Å². The minimum absolute atomic E-state index is 0.235. The summed E-state index contributed by atoms with van der Waals surface area (Å²) in [5.74, 6) is 0.587. The standard InChI is InChI=1S/C22H20N6OS/c29-21(25-18-9-6-10-23-20(18)27-11-4-5-12-27)19-15-30-22(26-19)16-13-24-28(14-16)17-7-2-1-3-8-17/h1-3,6-10,13-15H,4-5,11-12H2,(H,25,29). The van der Waals surface area contributed by atoms with Crippen LogP contribution in [0.1, 0.15) is 23.3 Å². The van der Waals surface area contributed by atoms with E-state index in [1.807, 2.05) is 48.7 Å². The SMILES string of the molecule is O=C(Nc1cccnc1N1CCCC1)c1csc(-c2cnn(-c3ccccc3)c2)n1. The van der Waals surface area contributed by atoms with Crippen LogP contribution in [0.4, 0.5) is 11.5 Å². The van der Waals surface area contributed by atoms with Gasteiger partial charge in [0.15, 0.2) is 5.82 Å². The number of nitrogens with zero attached hydrogens (tertiary/aromatic N) is 5. The van der Waals surface area contributed by atoms with Gasteiger partial charge in [0.25, 0.3) is 5.91 Å². The molecule has 1 fully saturated rings. The van der Waals surface area contributed by atoms with Crippen molar-refractivity contribution in [1.29, 1.82) is 0 Å². The number of nitrogens with one attached hydrogen (secondary N) is 1. The number of pyridine rings is 1. The van der Waals surface area contributed by atoms with Gasteiger partial charge in [0.1, 0.15) is 10.7 Å². The fraction of sp³-hybridized carbons (Fsp3) is 0.182. The molecule has 4 heterocycles. The predicted octanol–water partition coefficient (Wildman–Crippen LogP) is 4.24. The third-order valence-electron chi connectivity index (χ3n) is 5.03. The summed E-state index contributed by atoms with van der Waals surface area (Å²) in [7, 11) is 0. The summed E-state index contributed by atoms with van der Waals surface area (Å²) in [6.45, 7) is 1.93. The Morgan fingerprint density at radius 2 is 1.90 bits per heavy atom. The second kappa shape index (κ2) is 8.08. The molecular formula is C22H20N6OS. The number of benzene rings is 1. The molecule has 8 heteroatoms. The van der Waals surface area contributed by atoms with Crippen molar-refractivity contribution < 1.29 is 4.79 Å². The Bertz CT molecular complexity index is 1160.